The normalized spacial score (nSPS) is 13.3. The summed E-state index contributed by atoms with van der Waals surface area (Å²) in [7, 11) is -2.22. The summed E-state index contributed by atoms with van der Waals surface area (Å²) in [6, 6.07) is 10.9. The van der Waals surface area contributed by atoms with Gasteiger partial charge in [0.05, 0.1) is 36.4 Å². The van der Waals surface area contributed by atoms with E-state index in [1.807, 2.05) is 30.3 Å². The van der Waals surface area contributed by atoms with Crippen LogP contribution in [0, 0.1) is 5.92 Å². The first-order valence-corrected chi connectivity index (χ1v) is 16.5. The van der Waals surface area contributed by atoms with E-state index < -0.39 is 27.9 Å². The Balaban J connectivity index is 1.76. The molecule has 1 heterocycles. The SMILES string of the molecule is CCOC(=O)C(CCCN(c1cc2nn(-c3ccc(Br)cc3)c(C(=O)NC)c2cc1C1CC1)S(C)(=O)=O)C(=O)OCC. The van der Waals surface area contributed by atoms with Gasteiger partial charge in [-0.1, -0.05) is 15.9 Å². The van der Waals surface area contributed by atoms with E-state index in [1.54, 1.807) is 31.6 Å². The minimum absolute atomic E-state index is 0.0229. The number of sulfonamides is 1. The van der Waals surface area contributed by atoms with Crippen LogP contribution in [0.15, 0.2) is 40.9 Å². The standard InChI is InChI=1S/C29H35BrN4O7S/c1-5-40-28(36)21(29(37)41-6-2)8-7-15-33(42(4,38)39)25-17-24-23(16-22(25)18-9-10-18)26(27(35)31-3)34(32-24)20-13-11-19(30)12-14-20/h11-14,16-18,21H,5-10,15H2,1-4H3,(H,31,35). The highest BCUT2D eigenvalue weighted by Gasteiger charge is 2.34. The number of anilines is 1. The van der Waals surface area contributed by atoms with E-state index in [0.29, 0.717) is 28.0 Å². The molecule has 1 fully saturated rings. The molecule has 1 saturated carbocycles. The predicted octanol–water partition coefficient (Wildman–Crippen LogP) is 4.31. The maximum Gasteiger partial charge on any atom is 0.320 e. The van der Waals surface area contributed by atoms with Crippen molar-refractivity contribution in [2.24, 2.45) is 5.92 Å². The number of aromatic nitrogens is 2. The summed E-state index contributed by atoms with van der Waals surface area (Å²) in [4.78, 5) is 38.0. The molecule has 42 heavy (non-hydrogen) atoms. The second-order valence-electron chi connectivity index (χ2n) is 10.1. The zero-order chi connectivity index (χ0) is 30.6. The molecule has 1 aliphatic rings. The van der Waals surface area contributed by atoms with Crippen LogP contribution in [0.1, 0.15) is 61.5 Å². The summed E-state index contributed by atoms with van der Waals surface area (Å²) in [6.45, 7) is 3.54. The van der Waals surface area contributed by atoms with E-state index in [1.165, 1.54) is 4.31 Å². The molecule has 0 unspecified atom stereocenters. The van der Waals surface area contributed by atoms with Crippen LogP contribution in [0.25, 0.3) is 16.6 Å². The molecule has 1 aliphatic carbocycles. The molecule has 13 heteroatoms. The summed E-state index contributed by atoms with van der Waals surface area (Å²) >= 11 is 3.43. The summed E-state index contributed by atoms with van der Waals surface area (Å²) < 4.78 is 40.1. The van der Waals surface area contributed by atoms with Crippen molar-refractivity contribution in [1.29, 1.82) is 0 Å². The third kappa shape index (κ3) is 6.95. The average molecular weight is 664 g/mol. The second-order valence-corrected chi connectivity index (χ2v) is 12.9. The molecule has 0 bridgehead atoms. The third-order valence-corrected chi connectivity index (χ3v) is 8.72. The lowest BCUT2D eigenvalue weighted by Crippen LogP contribution is -2.33. The van der Waals surface area contributed by atoms with Crippen LogP contribution in [0.2, 0.25) is 0 Å². The van der Waals surface area contributed by atoms with Gasteiger partial charge < -0.3 is 14.8 Å². The molecule has 0 radical (unpaired) electrons. The molecule has 0 spiro atoms. The molecular formula is C29H35BrN4O7S. The van der Waals surface area contributed by atoms with Crippen LogP contribution >= 0.6 is 15.9 Å². The van der Waals surface area contributed by atoms with Crippen molar-refractivity contribution >= 4 is 60.4 Å². The molecule has 4 rings (SSSR count). The fourth-order valence-corrected chi connectivity index (χ4v) is 6.14. The number of rotatable bonds is 13. The van der Waals surface area contributed by atoms with Gasteiger partial charge in [-0.3, -0.25) is 18.7 Å². The van der Waals surface area contributed by atoms with Gasteiger partial charge in [0.2, 0.25) is 10.0 Å². The summed E-state index contributed by atoms with van der Waals surface area (Å²) in [5.74, 6) is -2.72. The Morgan fingerprint density at radius 1 is 1.10 bits per heavy atom. The molecule has 1 amide bonds. The number of halogens is 1. The van der Waals surface area contributed by atoms with Crippen molar-refractivity contribution in [2.45, 2.75) is 45.4 Å². The van der Waals surface area contributed by atoms with Gasteiger partial charge in [0, 0.05) is 23.5 Å². The van der Waals surface area contributed by atoms with Crippen molar-refractivity contribution in [3.8, 4) is 5.69 Å². The van der Waals surface area contributed by atoms with Gasteiger partial charge in [-0.15, -0.1) is 0 Å². The molecule has 0 atom stereocenters. The van der Waals surface area contributed by atoms with E-state index in [4.69, 9.17) is 14.6 Å². The van der Waals surface area contributed by atoms with Crippen molar-refractivity contribution in [1.82, 2.24) is 15.1 Å². The fourth-order valence-electron chi connectivity index (χ4n) is 4.90. The number of carbonyl (C=O) groups is 3. The quantitative estimate of drug-likeness (QED) is 0.211. The number of amides is 1. The van der Waals surface area contributed by atoms with Gasteiger partial charge in [0.25, 0.3) is 5.91 Å². The third-order valence-electron chi connectivity index (χ3n) is 7.02. The number of ether oxygens (including phenoxy) is 2. The maximum absolute atomic E-state index is 13.1. The Kier molecular flexibility index (Phi) is 9.93. The Labute approximate surface area is 253 Å². The number of nitrogens with one attached hydrogen (secondary N) is 1. The van der Waals surface area contributed by atoms with E-state index in [2.05, 4.69) is 21.2 Å². The van der Waals surface area contributed by atoms with Crippen molar-refractivity contribution in [2.75, 3.05) is 37.4 Å². The highest BCUT2D eigenvalue weighted by atomic mass is 79.9. The Hall–Kier alpha value is -3.45. The summed E-state index contributed by atoms with van der Waals surface area (Å²) in [5.41, 5.74) is 2.76. The number of hydrogen-bond acceptors (Lipinski definition) is 8. The Bertz CT molecular complexity index is 1570. The van der Waals surface area contributed by atoms with Gasteiger partial charge in [0.1, 0.15) is 5.69 Å². The molecule has 0 saturated heterocycles. The molecule has 1 aromatic heterocycles. The molecular weight excluding hydrogens is 628 g/mol. The Morgan fingerprint density at radius 2 is 1.71 bits per heavy atom. The maximum atomic E-state index is 13.1. The molecule has 2 aromatic carbocycles. The number of hydrogen-bond donors (Lipinski definition) is 1. The predicted molar refractivity (Wildman–Crippen MR) is 162 cm³/mol. The lowest BCUT2D eigenvalue weighted by atomic mass is 10.0. The zero-order valence-electron chi connectivity index (χ0n) is 24.1. The lowest BCUT2D eigenvalue weighted by molar-refractivity contribution is -0.161. The first kappa shape index (κ1) is 31.5. The van der Waals surface area contributed by atoms with Crippen LogP contribution in [-0.4, -0.2) is 69.1 Å². The number of nitrogens with zero attached hydrogens (tertiary/aromatic N) is 3. The van der Waals surface area contributed by atoms with Crippen LogP contribution in [-0.2, 0) is 29.1 Å². The first-order chi connectivity index (χ1) is 20.0. The monoisotopic (exact) mass is 662 g/mol. The average Bonchev–Trinajstić information content (AvgIpc) is 3.72. The van der Waals surface area contributed by atoms with Crippen LogP contribution in [0.5, 0.6) is 0 Å². The minimum Gasteiger partial charge on any atom is -0.465 e. The van der Waals surface area contributed by atoms with Crippen LogP contribution < -0.4 is 9.62 Å². The molecule has 3 aromatic rings. The van der Waals surface area contributed by atoms with Gasteiger partial charge in [-0.05, 0) is 87.4 Å². The highest BCUT2D eigenvalue weighted by Crippen LogP contribution is 2.46. The fraction of sp³-hybridized carbons (Fsp3) is 0.448. The smallest absolute Gasteiger partial charge is 0.320 e. The lowest BCUT2D eigenvalue weighted by Gasteiger charge is -2.26. The second kappa shape index (κ2) is 13.2. The molecule has 0 aliphatic heterocycles. The highest BCUT2D eigenvalue weighted by molar-refractivity contribution is 9.10. The number of benzene rings is 2. The van der Waals surface area contributed by atoms with Crippen molar-refractivity contribution in [3.05, 3.63) is 52.1 Å². The van der Waals surface area contributed by atoms with Gasteiger partial charge in [-0.25, -0.2) is 13.1 Å². The van der Waals surface area contributed by atoms with E-state index in [9.17, 15) is 22.8 Å². The number of fused-ring (bicyclic) bond motifs is 1. The van der Waals surface area contributed by atoms with E-state index >= 15 is 0 Å². The molecule has 1 N–H and O–H groups in total. The number of esters is 2. The molecule has 226 valence electrons. The van der Waals surface area contributed by atoms with Crippen LogP contribution in [0.4, 0.5) is 5.69 Å². The van der Waals surface area contributed by atoms with Crippen molar-refractivity contribution < 1.29 is 32.3 Å². The number of carbonyl (C=O) groups excluding carboxylic acids is 3. The van der Waals surface area contributed by atoms with Crippen LogP contribution in [0.3, 0.4) is 0 Å². The minimum atomic E-state index is -3.77. The van der Waals surface area contributed by atoms with Gasteiger partial charge in [0.15, 0.2) is 5.92 Å². The summed E-state index contributed by atoms with van der Waals surface area (Å²) in [5, 5.41) is 8.02. The van der Waals surface area contributed by atoms with Gasteiger partial charge >= 0.3 is 11.9 Å². The summed E-state index contributed by atoms with van der Waals surface area (Å²) in [6.07, 6.45) is 3.16. The Morgan fingerprint density at radius 3 is 2.24 bits per heavy atom. The first-order valence-electron chi connectivity index (χ1n) is 13.9. The van der Waals surface area contributed by atoms with E-state index in [-0.39, 0.29) is 44.4 Å². The largest absolute Gasteiger partial charge is 0.465 e. The zero-order valence-corrected chi connectivity index (χ0v) is 26.5. The topological polar surface area (TPSA) is 137 Å². The van der Waals surface area contributed by atoms with Gasteiger partial charge in [-0.2, -0.15) is 5.10 Å². The molecule has 11 nitrogen and oxygen atoms in total. The van der Waals surface area contributed by atoms with E-state index in [0.717, 1.165) is 29.1 Å². The van der Waals surface area contributed by atoms with Crippen molar-refractivity contribution in [3.63, 3.8) is 0 Å².